The molecule has 14 aromatic carbocycles. The fraction of sp³-hybridized carbons (Fsp3) is 0.0455. The molecule has 18 rings (SSSR count). The van der Waals surface area contributed by atoms with E-state index in [9.17, 15) is 0 Å². The van der Waals surface area contributed by atoms with Crippen molar-refractivity contribution in [3.8, 4) is 44.8 Å². The number of para-hydroxylation sites is 6. The van der Waals surface area contributed by atoms with Crippen molar-refractivity contribution < 1.29 is 0 Å². The van der Waals surface area contributed by atoms with Crippen LogP contribution in [0.15, 0.2) is 334 Å². The zero-order chi connectivity index (χ0) is 62.6. The van der Waals surface area contributed by atoms with Crippen molar-refractivity contribution in [1.82, 2.24) is 9.13 Å². The summed E-state index contributed by atoms with van der Waals surface area (Å²) in [6.45, 7) is 6.93. The molecule has 0 fully saturated rings. The lowest BCUT2D eigenvalue weighted by atomic mass is 9.33. The summed E-state index contributed by atoms with van der Waals surface area (Å²) < 4.78 is 4.98. The predicted molar refractivity (Wildman–Crippen MR) is 399 cm³/mol. The van der Waals surface area contributed by atoms with Gasteiger partial charge < -0.3 is 23.8 Å². The second-order valence-corrected chi connectivity index (χ2v) is 26.0. The minimum Gasteiger partial charge on any atom is -0.311 e. The monoisotopic (exact) mass is 1200 g/mol. The van der Waals surface area contributed by atoms with Crippen LogP contribution in [0.3, 0.4) is 0 Å². The van der Waals surface area contributed by atoms with E-state index in [0.717, 1.165) is 101 Å². The number of benzene rings is 14. The number of fused-ring (bicyclic) bond motifs is 10. The Kier molecular flexibility index (Phi) is 12.8. The van der Waals surface area contributed by atoms with Gasteiger partial charge in [-0.25, -0.2) is 0 Å². The molecule has 0 saturated heterocycles. The van der Waals surface area contributed by atoms with Crippen molar-refractivity contribution in [3.05, 3.63) is 339 Å². The molecule has 0 bridgehead atoms. The zero-order valence-corrected chi connectivity index (χ0v) is 52.6. The van der Waals surface area contributed by atoms with Gasteiger partial charge in [-0.1, -0.05) is 245 Å². The van der Waals surface area contributed by atoms with Gasteiger partial charge in [-0.05, 0) is 159 Å². The van der Waals surface area contributed by atoms with Gasteiger partial charge >= 0.3 is 0 Å². The van der Waals surface area contributed by atoms with E-state index in [-0.39, 0.29) is 12.1 Å². The van der Waals surface area contributed by atoms with Gasteiger partial charge in [-0.2, -0.15) is 0 Å². The van der Waals surface area contributed by atoms with Gasteiger partial charge in [0, 0.05) is 89.5 Å². The van der Waals surface area contributed by atoms with Gasteiger partial charge in [-0.15, -0.1) is 0 Å². The Morgan fingerprint density at radius 3 is 1.23 bits per heavy atom. The summed E-state index contributed by atoms with van der Waals surface area (Å²) in [6, 6.07) is 124. The maximum absolute atomic E-state index is 2.67. The van der Waals surface area contributed by atoms with E-state index >= 15 is 0 Å². The first-order valence-corrected chi connectivity index (χ1v) is 32.7. The molecule has 0 amide bonds. The average molecular weight is 1200 g/mol. The summed E-state index contributed by atoms with van der Waals surface area (Å²) in [6.07, 6.45) is 0. The molecule has 2 aliphatic rings. The number of rotatable bonds is 10. The Hall–Kier alpha value is -11.9. The Balaban J connectivity index is 0.937. The molecular formula is C88H64BN5. The summed E-state index contributed by atoms with van der Waals surface area (Å²) >= 11 is 0. The lowest BCUT2D eigenvalue weighted by Crippen LogP contribution is -2.61. The van der Waals surface area contributed by atoms with E-state index in [1.54, 1.807) is 0 Å². The molecule has 5 nitrogen and oxygen atoms in total. The van der Waals surface area contributed by atoms with Crippen LogP contribution >= 0.6 is 0 Å². The van der Waals surface area contributed by atoms with Crippen molar-refractivity contribution in [2.45, 2.75) is 26.2 Å². The van der Waals surface area contributed by atoms with Gasteiger partial charge in [0.25, 0.3) is 6.71 Å². The SMILES string of the molecule is CC(C)(C)c1cc2c3c(c1)N(c1c(-c4ccccc4)cccc1-c1ccccc1)c1cc(-n4c5ccccc5c5ccccc54)ccc1B3c1ccc(-n3c4ccccc4c4cc(N(c5ccccc5)c5ccccc5)ccc43)cc1N2c1cccc(-c2ccccc2)c1. The molecule has 0 aliphatic carbocycles. The van der Waals surface area contributed by atoms with Crippen LogP contribution in [0.2, 0.25) is 0 Å². The molecule has 0 unspecified atom stereocenters. The van der Waals surface area contributed by atoms with Crippen LogP contribution in [0.25, 0.3) is 88.4 Å². The maximum atomic E-state index is 2.67. The van der Waals surface area contributed by atoms with Crippen molar-refractivity contribution in [1.29, 1.82) is 0 Å². The Morgan fingerprint density at radius 2 is 0.713 bits per heavy atom. The van der Waals surface area contributed by atoms with Crippen LogP contribution in [0.5, 0.6) is 0 Å². The van der Waals surface area contributed by atoms with Crippen molar-refractivity contribution in [3.63, 3.8) is 0 Å². The number of hydrogen-bond donors (Lipinski definition) is 0. The molecule has 444 valence electrons. The first-order chi connectivity index (χ1) is 46.3. The lowest BCUT2D eigenvalue weighted by molar-refractivity contribution is 0.590. The standard InChI is InChI=1S/C88H64BN5/c1-88(2,3)63-54-84-86-85(55-63)94(87-70(60-29-11-5-12-30-60)42-26-43-71(87)61-31-13-6-14-32-61)83-58-69(91-78-44-22-19-39-72(78)73-40-20-23-45-79(73)91)48-51-77(83)89(86)76-50-47-68(57-82(76)93(84)66-38-25-33-62(53-66)59-27-9-4-10-28-59)92-80-46-24-21-41-74(80)75-56-67(49-52-81(75)92)90(64-34-15-7-16-35-64)65-36-17-8-18-37-65/h4-58H,1-3H3. The van der Waals surface area contributed by atoms with Gasteiger partial charge in [-0.3, -0.25) is 0 Å². The third-order valence-corrected chi connectivity index (χ3v) is 19.6. The second-order valence-electron chi connectivity index (χ2n) is 26.0. The highest BCUT2D eigenvalue weighted by Gasteiger charge is 2.45. The molecule has 4 heterocycles. The van der Waals surface area contributed by atoms with Gasteiger partial charge in [0.1, 0.15) is 0 Å². The third-order valence-electron chi connectivity index (χ3n) is 19.6. The molecule has 0 N–H and O–H groups in total. The minimum absolute atomic E-state index is 0.179. The predicted octanol–water partition coefficient (Wildman–Crippen LogP) is 21.7. The molecule has 2 aromatic heterocycles. The van der Waals surface area contributed by atoms with Gasteiger partial charge in [0.05, 0.1) is 27.8 Å². The van der Waals surface area contributed by atoms with Crippen LogP contribution < -0.4 is 31.1 Å². The van der Waals surface area contributed by atoms with Gasteiger partial charge in [0.2, 0.25) is 0 Å². The van der Waals surface area contributed by atoms with Crippen LogP contribution in [0, 0.1) is 0 Å². The van der Waals surface area contributed by atoms with Crippen LogP contribution in [0.4, 0.5) is 51.2 Å². The van der Waals surface area contributed by atoms with E-state index in [1.807, 2.05) is 0 Å². The Labute approximate surface area is 548 Å². The Bertz CT molecular complexity index is 5460. The van der Waals surface area contributed by atoms with E-state index < -0.39 is 0 Å². The fourth-order valence-corrected chi connectivity index (χ4v) is 15.3. The van der Waals surface area contributed by atoms with Crippen LogP contribution in [-0.4, -0.2) is 15.8 Å². The molecular weight excluding hydrogens is 1140 g/mol. The normalized spacial score (nSPS) is 12.6. The van der Waals surface area contributed by atoms with E-state index in [0.29, 0.717) is 0 Å². The number of aromatic nitrogens is 2. The largest absolute Gasteiger partial charge is 0.311 e. The molecule has 0 saturated carbocycles. The summed E-state index contributed by atoms with van der Waals surface area (Å²) in [5, 5.41) is 4.85. The van der Waals surface area contributed by atoms with E-state index in [4.69, 9.17) is 0 Å². The molecule has 16 aromatic rings. The highest BCUT2D eigenvalue weighted by atomic mass is 15.2. The average Bonchev–Trinajstić information content (AvgIpc) is 0.783. The molecule has 0 atom stereocenters. The first-order valence-electron chi connectivity index (χ1n) is 32.7. The number of hydrogen-bond acceptors (Lipinski definition) is 3. The fourth-order valence-electron chi connectivity index (χ4n) is 15.3. The van der Waals surface area contributed by atoms with Crippen LogP contribution in [0.1, 0.15) is 26.3 Å². The van der Waals surface area contributed by atoms with E-state index in [1.165, 1.54) is 60.1 Å². The first kappa shape index (κ1) is 55.0. The number of nitrogens with zero attached hydrogens (tertiary/aromatic N) is 5. The number of anilines is 9. The van der Waals surface area contributed by atoms with Crippen molar-refractivity contribution in [2.75, 3.05) is 14.7 Å². The van der Waals surface area contributed by atoms with Crippen molar-refractivity contribution in [2.24, 2.45) is 0 Å². The quantitative estimate of drug-likeness (QED) is 0.127. The zero-order valence-electron chi connectivity index (χ0n) is 52.6. The summed E-state index contributed by atoms with van der Waals surface area (Å²) in [4.78, 5) is 7.64. The van der Waals surface area contributed by atoms with Crippen molar-refractivity contribution >= 4 is 118 Å². The molecule has 94 heavy (non-hydrogen) atoms. The Morgan fingerprint density at radius 1 is 0.287 bits per heavy atom. The summed E-state index contributed by atoms with van der Waals surface area (Å²) in [5.74, 6) is 0. The second kappa shape index (κ2) is 21.9. The highest BCUT2D eigenvalue weighted by molar-refractivity contribution is 7.00. The summed E-state index contributed by atoms with van der Waals surface area (Å²) in [7, 11) is 0. The smallest absolute Gasteiger partial charge is 0.252 e. The summed E-state index contributed by atoms with van der Waals surface area (Å²) in [5.41, 5.74) is 28.6. The lowest BCUT2D eigenvalue weighted by Gasteiger charge is -2.46. The maximum Gasteiger partial charge on any atom is 0.252 e. The molecule has 6 heteroatoms. The molecule has 0 radical (unpaired) electrons. The topological polar surface area (TPSA) is 19.6 Å². The van der Waals surface area contributed by atoms with E-state index in [2.05, 4.69) is 378 Å². The van der Waals surface area contributed by atoms with Crippen LogP contribution in [-0.2, 0) is 5.41 Å². The highest BCUT2D eigenvalue weighted by Crippen LogP contribution is 2.52. The third kappa shape index (κ3) is 8.85. The molecule has 0 spiro atoms. The molecule has 2 aliphatic heterocycles. The minimum atomic E-state index is -0.267. The van der Waals surface area contributed by atoms with Gasteiger partial charge in [0.15, 0.2) is 0 Å².